The highest BCUT2D eigenvalue weighted by molar-refractivity contribution is 5.75. The molecule has 2 heterocycles. The van der Waals surface area contributed by atoms with Crippen LogP contribution in [0.1, 0.15) is 46.5 Å². The minimum Gasteiger partial charge on any atom is -0.458 e. The molecule has 0 saturated carbocycles. The molecule has 2 aliphatic rings. The second kappa shape index (κ2) is 5.17. The van der Waals surface area contributed by atoms with Gasteiger partial charge >= 0.3 is 5.97 Å². The molecule has 4 heteroatoms. The van der Waals surface area contributed by atoms with Gasteiger partial charge in [0.05, 0.1) is 6.61 Å². The van der Waals surface area contributed by atoms with Crippen LogP contribution in [0.3, 0.4) is 0 Å². The molecular formula is C14H25NO3. The first-order valence-corrected chi connectivity index (χ1v) is 6.95. The summed E-state index contributed by atoms with van der Waals surface area (Å²) in [5.74, 6) is -0.203. The maximum atomic E-state index is 11.9. The SMILES string of the molecule is CC(C)(C)OC(=O)C1CCC2(CCNCC2)CO1. The van der Waals surface area contributed by atoms with E-state index in [-0.39, 0.29) is 12.1 Å². The van der Waals surface area contributed by atoms with Gasteiger partial charge in [-0.15, -0.1) is 0 Å². The Morgan fingerprint density at radius 2 is 1.94 bits per heavy atom. The van der Waals surface area contributed by atoms with Crippen LogP contribution in [-0.2, 0) is 14.3 Å². The zero-order valence-electron chi connectivity index (χ0n) is 11.8. The lowest BCUT2D eigenvalue weighted by Gasteiger charge is -2.42. The average molecular weight is 255 g/mol. The van der Waals surface area contributed by atoms with E-state index in [0.29, 0.717) is 12.0 Å². The van der Waals surface area contributed by atoms with Gasteiger partial charge in [-0.1, -0.05) is 0 Å². The lowest BCUT2D eigenvalue weighted by atomic mass is 9.74. The Morgan fingerprint density at radius 1 is 1.28 bits per heavy atom. The molecule has 0 aromatic rings. The first-order valence-electron chi connectivity index (χ1n) is 6.95. The number of hydrogen-bond donors (Lipinski definition) is 1. The Bertz CT molecular complexity index is 293. The van der Waals surface area contributed by atoms with E-state index < -0.39 is 5.60 Å². The van der Waals surface area contributed by atoms with E-state index in [1.54, 1.807) is 0 Å². The third-order valence-corrected chi connectivity index (χ3v) is 3.86. The smallest absolute Gasteiger partial charge is 0.335 e. The minimum absolute atomic E-state index is 0.203. The largest absolute Gasteiger partial charge is 0.458 e. The number of esters is 1. The van der Waals surface area contributed by atoms with Gasteiger partial charge in [-0.05, 0) is 65.0 Å². The fourth-order valence-electron chi connectivity index (χ4n) is 2.77. The van der Waals surface area contributed by atoms with Crippen molar-refractivity contribution in [2.45, 2.75) is 58.2 Å². The van der Waals surface area contributed by atoms with Crippen LogP contribution in [0.2, 0.25) is 0 Å². The summed E-state index contributed by atoms with van der Waals surface area (Å²) >= 11 is 0. The molecule has 0 amide bonds. The molecule has 1 atom stereocenters. The second-order valence-electron chi connectivity index (χ2n) is 6.62. The quantitative estimate of drug-likeness (QED) is 0.727. The number of hydrogen-bond acceptors (Lipinski definition) is 4. The lowest BCUT2D eigenvalue weighted by molar-refractivity contribution is -0.177. The van der Waals surface area contributed by atoms with Gasteiger partial charge < -0.3 is 14.8 Å². The second-order valence-corrected chi connectivity index (χ2v) is 6.62. The predicted octanol–water partition coefficient (Wildman–Crippen LogP) is 1.88. The molecule has 0 aromatic carbocycles. The molecule has 0 bridgehead atoms. The molecule has 0 radical (unpaired) electrons. The van der Waals surface area contributed by atoms with Gasteiger partial charge in [0.15, 0.2) is 6.10 Å². The van der Waals surface area contributed by atoms with Crippen LogP contribution in [0.5, 0.6) is 0 Å². The van der Waals surface area contributed by atoms with Gasteiger partial charge in [0.2, 0.25) is 0 Å². The molecule has 2 aliphatic heterocycles. The van der Waals surface area contributed by atoms with E-state index in [9.17, 15) is 4.79 Å². The van der Waals surface area contributed by atoms with Gasteiger partial charge in [-0.25, -0.2) is 4.79 Å². The van der Waals surface area contributed by atoms with Crippen molar-refractivity contribution >= 4 is 5.97 Å². The molecule has 1 spiro atoms. The van der Waals surface area contributed by atoms with E-state index in [1.165, 1.54) is 0 Å². The summed E-state index contributed by atoms with van der Waals surface area (Å²) in [6, 6.07) is 0. The number of piperidine rings is 1. The van der Waals surface area contributed by atoms with E-state index in [0.717, 1.165) is 38.8 Å². The normalized spacial score (nSPS) is 28.1. The van der Waals surface area contributed by atoms with E-state index in [1.807, 2.05) is 20.8 Å². The van der Waals surface area contributed by atoms with Crippen LogP contribution in [0.4, 0.5) is 0 Å². The van der Waals surface area contributed by atoms with Crippen molar-refractivity contribution < 1.29 is 14.3 Å². The third-order valence-electron chi connectivity index (χ3n) is 3.86. The minimum atomic E-state index is -0.426. The van der Waals surface area contributed by atoms with Gasteiger partial charge in [-0.3, -0.25) is 0 Å². The highest BCUT2D eigenvalue weighted by atomic mass is 16.6. The van der Waals surface area contributed by atoms with Crippen molar-refractivity contribution in [1.82, 2.24) is 5.32 Å². The van der Waals surface area contributed by atoms with Crippen LogP contribution in [0.15, 0.2) is 0 Å². The molecule has 1 N–H and O–H groups in total. The van der Waals surface area contributed by atoms with E-state index in [4.69, 9.17) is 9.47 Å². The van der Waals surface area contributed by atoms with Gasteiger partial charge in [0, 0.05) is 0 Å². The highest BCUT2D eigenvalue weighted by Crippen LogP contribution is 2.39. The Hall–Kier alpha value is -0.610. The van der Waals surface area contributed by atoms with Crippen LogP contribution in [0.25, 0.3) is 0 Å². The average Bonchev–Trinajstić information content (AvgIpc) is 2.28. The summed E-state index contributed by atoms with van der Waals surface area (Å²) in [5, 5.41) is 3.37. The van der Waals surface area contributed by atoms with Crippen molar-refractivity contribution in [3.05, 3.63) is 0 Å². The van der Waals surface area contributed by atoms with Crippen molar-refractivity contribution in [3.8, 4) is 0 Å². The Labute approximate surface area is 109 Å². The summed E-state index contributed by atoms with van der Waals surface area (Å²) in [6.45, 7) is 8.52. The molecular weight excluding hydrogens is 230 g/mol. The standard InChI is InChI=1S/C14H25NO3/c1-13(2,3)18-12(16)11-4-5-14(10-17-11)6-8-15-9-7-14/h11,15H,4-10H2,1-3H3. The molecule has 0 aromatic heterocycles. The molecule has 0 aliphatic carbocycles. The van der Waals surface area contributed by atoms with Gasteiger partial charge in [0.25, 0.3) is 0 Å². The Balaban J connectivity index is 1.84. The zero-order chi connectivity index (χ0) is 13.2. The molecule has 4 nitrogen and oxygen atoms in total. The van der Waals surface area contributed by atoms with Crippen molar-refractivity contribution in [2.75, 3.05) is 19.7 Å². The number of carbonyl (C=O) groups excluding carboxylic acids is 1. The number of carbonyl (C=O) groups is 1. The molecule has 18 heavy (non-hydrogen) atoms. The maximum absolute atomic E-state index is 11.9. The maximum Gasteiger partial charge on any atom is 0.335 e. The first-order chi connectivity index (χ1) is 8.40. The third kappa shape index (κ3) is 3.45. The lowest BCUT2D eigenvalue weighted by Crippen LogP contribution is -2.46. The predicted molar refractivity (Wildman–Crippen MR) is 69.4 cm³/mol. The van der Waals surface area contributed by atoms with Crippen molar-refractivity contribution in [1.29, 1.82) is 0 Å². The fraction of sp³-hybridized carbons (Fsp3) is 0.929. The zero-order valence-corrected chi connectivity index (χ0v) is 11.8. The summed E-state index contributed by atoms with van der Waals surface area (Å²) in [4.78, 5) is 11.9. The van der Waals surface area contributed by atoms with Crippen LogP contribution >= 0.6 is 0 Å². The molecule has 1 unspecified atom stereocenters. The fourth-order valence-corrected chi connectivity index (χ4v) is 2.77. The molecule has 2 rings (SSSR count). The Morgan fingerprint density at radius 3 is 2.44 bits per heavy atom. The number of nitrogens with one attached hydrogen (secondary N) is 1. The molecule has 2 saturated heterocycles. The van der Waals surface area contributed by atoms with Crippen LogP contribution in [0, 0.1) is 5.41 Å². The Kier molecular flexibility index (Phi) is 3.97. The summed E-state index contributed by atoms with van der Waals surface area (Å²) in [5.41, 5.74) is -0.117. The number of rotatable bonds is 1. The monoisotopic (exact) mass is 255 g/mol. The molecule has 104 valence electrons. The summed E-state index contributed by atoms with van der Waals surface area (Å²) in [6.07, 6.45) is 3.85. The van der Waals surface area contributed by atoms with Gasteiger partial charge in [0.1, 0.15) is 5.60 Å². The first kappa shape index (κ1) is 13.8. The van der Waals surface area contributed by atoms with E-state index in [2.05, 4.69) is 5.32 Å². The van der Waals surface area contributed by atoms with Gasteiger partial charge in [-0.2, -0.15) is 0 Å². The number of ether oxygens (including phenoxy) is 2. The van der Waals surface area contributed by atoms with Crippen molar-refractivity contribution in [2.24, 2.45) is 5.41 Å². The summed E-state index contributed by atoms with van der Waals surface area (Å²) in [7, 11) is 0. The van der Waals surface area contributed by atoms with Crippen LogP contribution < -0.4 is 5.32 Å². The van der Waals surface area contributed by atoms with Crippen LogP contribution in [-0.4, -0.2) is 37.4 Å². The van der Waals surface area contributed by atoms with E-state index >= 15 is 0 Å². The molecule has 2 fully saturated rings. The van der Waals surface area contributed by atoms with Crippen molar-refractivity contribution in [3.63, 3.8) is 0 Å². The topological polar surface area (TPSA) is 47.6 Å². The summed E-state index contributed by atoms with van der Waals surface area (Å²) < 4.78 is 11.2. The highest BCUT2D eigenvalue weighted by Gasteiger charge is 2.40.